The summed E-state index contributed by atoms with van der Waals surface area (Å²) < 4.78 is 17.0. The van der Waals surface area contributed by atoms with Crippen LogP contribution < -0.4 is 10.1 Å². The molecule has 2 N–H and O–H groups in total. The van der Waals surface area contributed by atoms with E-state index >= 15 is 0 Å². The smallest absolute Gasteiger partial charge is 0.250 e. The molecule has 30 heavy (non-hydrogen) atoms. The molecule has 1 aromatic carbocycles. The quantitative estimate of drug-likeness (QED) is 0.729. The fourth-order valence-corrected chi connectivity index (χ4v) is 4.76. The Hall–Kier alpha value is -2.16. The number of piperidine rings is 1. The molecule has 3 aliphatic heterocycles. The number of aliphatic hydroxyl groups is 1. The zero-order valence-corrected chi connectivity index (χ0v) is 17.3. The number of methoxy groups -OCH3 is 1. The molecule has 4 rings (SSSR count). The molecule has 0 unspecified atom stereocenters. The van der Waals surface area contributed by atoms with E-state index < -0.39 is 6.10 Å². The Morgan fingerprint density at radius 2 is 2.07 bits per heavy atom. The highest BCUT2D eigenvalue weighted by molar-refractivity contribution is 5.92. The normalized spacial score (nSPS) is 27.7. The Morgan fingerprint density at radius 3 is 2.80 bits per heavy atom. The molecular formula is C22H30N2O6. The van der Waals surface area contributed by atoms with Gasteiger partial charge in [-0.1, -0.05) is 0 Å². The molecule has 4 atom stereocenters. The minimum Gasteiger partial charge on any atom is -0.487 e. The van der Waals surface area contributed by atoms with Gasteiger partial charge >= 0.3 is 0 Å². The Kier molecular flexibility index (Phi) is 6.55. The van der Waals surface area contributed by atoms with Gasteiger partial charge in [-0.2, -0.15) is 0 Å². The van der Waals surface area contributed by atoms with Crippen molar-refractivity contribution in [2.75, 3.05) is 38.7 Å². The first-order chi connectivity index (χ1) is 14.6. The number of anilines is 1. The molecule has 8 heteroatoms. The van der Waals surface area contributed by atoms with Gasteiger partial charge < -0.3 is 29.5 Å². The molecule has 0 bridgehead atoms. The summed E-state index contributed by atoms with van der Waals surface area (Å²) in [5, 5.41) is 12.7. The van der Waals surface area contributed by atoms with Gasteiger partial charge in [0.15, 0.2) is 0 Å². The van der Waals surface area contributed by atoms with Crippen molar-refractivity contribution in [1.29, 1.82) is 0 Å². The fraction of sp³-hybridized carbons (Fsp3) is 0.636. The third-order valence-corrected chi connectivity index (χ3v) is 6.17. The Labute approximate surface area is 176 Å². The lowest BCUT2D eigenvalue weighted by Gasteiger charge is -2.38. The molecular weight excluding hydrogens is 388 g/mol. The van der Waals surface area contributed by atoms with Gasteiger partial charge in [-0.05, 0) is 43.9 Å². The number of rotatable bonds is 6. The van der Waals surface area contributed by atoms with Gasteiger partial charge in [-0.15, -0.1) is 0 Å². The summed E-state index contributed by atoms with van der Waals surface area (Å²) in [6.07, 6.45) is 3.21. The van der Waals surface area contributed by atoms with Crippen molar-refractivity contribution in [3.8, 4) is 5.75 Å². The number of fused-ring (bicyclic) bond motifs is 3. The largest absolute Gasteiger partial charge is 0.487 e. The average Bonchev–Trinajstić information content (AvgIpc) is 3.12. The van der Waals surface area contributed by atoms with Crippen molar-refractivity contribution < 1.29 is 28.9 Å². The van der Waals surface area contributed by atoms with Crippen LogP contribution in [-0.4, -0.2) is 73.5 Å². The van der Waals surface area contributed by atoms with Crippen LogP contribution in [0.1, 0.15) is 43.6 Å². The van der Waals surface area contributed by atoms with Gasteiger partial charge in [-0.3, -0.25) is 9.59 Å². The molecule has 1 aromatic rings. The summed E-state index contributed by atoms with van der Waals surface area (Å²) in [5.74, 6) is 0.636. The number of nitrogens with one attached hydrogen (secondary N) is 1. The second-order valence-corrected chi connectivity index (χ2v) is 8.28. The first-order valence-corrected chi connectivity index (χ1v) is 10.7. The van der Waals surface area contributed by atoms with E-state index in [9.17, 15) is 14.7 Å². The number of carbonyl (C=O) groups excluding carboxylic acids is 2. The van der Waals surface area contributed by atoms with Gasteiger partial charge in [0.05, 0.1) is 19.1 Å². The van der Waals surface area contributed by atoms with Crippen molar-refractivity contribution >= 4 is 17.5 Å². The van der Waals surface area contributed by atoms with E-state index in [-0.39, 0.29) is 43.2 Å². The Morgan fingerprint density at radius 1 is 1.27 bits per heavy atom. The minimum absolute atomic E-state index is 0.00401. The summed E-state index contributed by atoms with van der Waals surface area (Å²) >= 11 is 0. The molecule has 2 saturated heterocycles. The molecule has 3 heterocycles. The standard InChI is InChI=1S/C22H30N2O6/c1-28-13-20(26)23-14-5-6-18-16(9-14)17-10-15(29-19(12-25)22(17)30-18)11-21(27)24-7-3-2-4-8-24/h5-6,9,15,17,19,22,25H,2-4,7-8,10-13H2,1H3,(H,23,26)/t15-,17+,19+,22-/m0/s1. The van der Waals surface area contributed by atoms with E-state index in [1.807, 2.05) is 17.0 Å². The number of carbonyl (C=O) groups is 2. The molecule has 0 saturated carbocycles. The monoisotopic (exact) mass is 418 g/mol. The highest BCUT2D eigenvalue weighted by Gasteiger charge is 2.46. The highest BCUT2D eigenvalue weighted by atomic mass is 16.6. The first-order valence-electron chi connectivity index (χ1n) is 10.7. The predicted molar refractivity (Wildman–Crippen MR) is 110 cm³/mol. The highest BCUT2D eigenvalue weighted by Crippen LogP contribution is 2.47. The number of likely N-dealkylation sites (tertiary alicyclic amines) is 1. The number of nitrogens with zero attached hydrogens (tertiary/aromatic N) is 1. The maximum atomic E-state index is 12.7. The van der Waals surface area contributed by atoms with Crippen LogP contribution >= 0.6 is 0 Å². The Bertz CT molecular complexity index is 779. The summed E-state index contributed by atoms with van der Waals surface area (Å²) in [6, 6.07) is 5.53. The van der Waals surface area contributed by atoms with Crippen LogP contribution in [-0.2, 0) is 19.1 Å². The van der Waals surface area contributed by atoms with Crippen molar-refractivity contribution in [3.05, 3.63) is 23.8 Å². The maximum absolute atomic E-state index is 12.7. The van der Waals surface area contributed by atoms with Gasteiger partial charge in [0.1, 0.15) is 24.6 Å². The fourth-order valence-electron chi connectivity index (χ4n) is 4.76. The summed E-state index contributed by atoms with van der Waals surface area (Å²) in [7, 11) is 1.48. The van der Waals surface area contributed by atoms with Crippen LogP contribution in [0.4, 0.5) is 5.69 Å². The first kappa shape index (κ1) is 21.1. The molecule has 2 amide bonds. The zero-order chi connectivity index (χ0) is 21.1. The van der Waals surface area contributed by atoms with E-state index in [1.54, 1.807) is 6.07 Å². The van der Waals surface area contributed by atoms with E-state index in [0.717, 1.165) is 37.2 Å². The van der Waals surface area contributed by atoms with E-state index in [0.29, 0.717) is 18.5 Å². The molecule has 2 fully saturated rings. The van der Waals surface area contributed by atoms with Gasteiger partial charge in [0.25, 0.3) is 0 Å². The number of hydrogen-bond acceptors (Lipinski definition) is 6. The summed E-state index contributed by atoms with van der Waals surface area (Å²) in [4.78, 5) is 26.5. The van der Waals surface area contributed by atoms with Crippen molar-refractivity contribution in [1.82, 2.24) is 4.90 Å². The number of aliphatic hydroxyl groups excluding tert-OH is 1. The van der Waals surface area contributed by atoms with E-state index in [2.05, 4.69) is 5.32 Å². The number of amides is 2. The molecule has 3 aliphatic rings. The maximum Gasteiger partial charge on any atom is 0.250 e. The summed E-state index contributed by atoms with van der Waals surface area (Å²) in [6.45, 7) is 1.46. The molecule has 164 valence electrons. The second kappa shape index (κ2) is 9.32. The van der Waals surface area contributed by atoms with Crippen LogP contribution in [0, 0.1) is 0 Å². The third kappa shape index (κ3) is 4.45. The number of ether oxygens (including phenoxy) is 3. The zero-order valence-electron chi connectivity index (χ0n) is 17.3. The van der Waals surface area contributed by atoms with Gasteiger partial charge in [-0.25, -0.2) is 0 Å². The van der Waals surface area contributed by atoms with Crippen molar-refractivity contribution in [2.24, 2.45) is 0 Å². The van der Waals surface area contributed by atoms with Crippen LogP contribution in [0.25, 0.3) is 0 Å². The van der Waals surface area contributed by atoms with E-state index in [1.165, 1.54) is 13.5 Å². The predicted octanol–water partition coefficient (Wildman–Crippen LogP) is 1.67. The van der Waals surface area contributed by atoms with Crippen LogP contribution in [0.3, 0.4) is 0 Å². The average molecular weight is 418 g/mol. The SMILES string of the molecule is COCC(=O)Nc1ccc2c(c1)[C@H]1C[C@@H](CC(=O)N3CCCCC3)O[C@H](CO)[C@H]1O2. The molecule has 0 spiro atoms. The van der Waals surface area contributed by atoms with Gasteiger partial charge in [0.2, 0.25) is 11.8 Å². The lowest BCUT2D eigenvalue weighted by molar-refractivity contribution is -0.149. The lowest BCUT2D eigenvalue weighted by atomic mass is 9.84. The summed E-state index contributed by atoms with van der Waals surface area (Å²) in [5.41, 5.74) is 1.65. The van der Waals surface area contributed by atoms with Crippen molar-refractivity contribution in [3.63, 3.8) is 0 Å². The number of hydrogen-bond donors (Lipinski definition) is 2. The molecule has 0 aromatic heterocycles. The van der Waals surface area contributed by atoms with Crippen molar-refractivity contribution in [2.45, 2.75) is 56.3 Å². The molecule has 0 radical (unpaired) electrons. The van der Waals surface area contributed by atoms with Gasteiger partial charge in [0, 0.05) is 37.4 Å². The Balaban J connectivity index is 1.48. The van der Waals surface area contributed by atoms with Crippen LogP contribution in [0.2, 0.25) is 0 Å². The molecule has 0 aliphatic carbocycles. The van der Waals surface area contributed by atoms with Crippen LogP contribution in [0.5, 0.6) is 5.75 Å². The topological polar surface area (TPSA) is 97.3 Å². The van der Waals surface area contributed by atoms with Crippen LogP contribution in [0.15, 0.2) is 18.2 Å². The second-order valence-electron chi connectivity index (χ2n) is 8.28. The lowest BCUT2D eigenvalue weighted by Crippen LogP contribution is -2.48. The minimum atomic E-state index is -0.484. The third-order valence-electron chi connectivity index (χ3n) is 6.17. The van der Waals surface area contributed by atoms with E-state index in [4.69, 9.17) is 14.2 Å². The molecule has 8 nitrogen and oxygen atoms in total. The number of benzene rings is 1.